The van der Waals surface area contributed by atoms with Crippen LogP contribution in [-0.4, -0.2) is 12.4 Å². The summed E-state index contributed by atoms with van der Waals surface area (Å²) in [4.78, 5) is 2.03. The van der Waals surface area contributed by atoms with Gasteiger partial charge in [-0.25, -0.2) is 0 Å². The molecule has 1 N–H and O–H groups in total. The van der Waals surface area contributed by atoms with Gasteiger partial charge in [-0.1, -0.05) is 30.3 Å². The van der Waals surface area contributed by atoms with Crippen LogP contribution in [0.2, 0.25) is 0 Å². The third kappa shape index (κ3) is 4.42. The van der Waals surface area contributed by atoms with Crippen molar-refractivity contribution in [1.82, 2.24) is 0 Å². The molecule has 124 valence electrons. The van der Waals surface area contributed by atoms with Gasteiger partial charge in [0, 0.05) is 11.6 Å². The molecule has 8 heteroatoms. The van der Waals surface area contributed by atoms with Crippen molar-refractivity contribution in [2.45, 2.75) is 29.2 Å². The molecule has 0 fully saturated rings. The van der Waals surface area contributed by atoms with Gasteiger partial charge in [0.05, 0.1) is 0 Å². The average molecular weight is 346 g/mol. The van der Waals surface area contributed by atoms with Gasteiger partial charge in [-0.3, -0.25) is 0 Å². The largest absolute Gasteiger partial charge is 0.673 e. The molecular formula is C15H15BF4O2S. The minimum Gasteiger partial charge on any atom is -0.503 e. The quantitative estimate of drug-likeness (QED) is 0.452. The molecular weight excluding hydrogens is 331 g/mol. The second kappa shape index (κ2) is 6.45. The third-order valence-corrected chi connectivity index (χ3v) is 5.18. The Morgan fingerprint density at radius 1 is 0.913 bits per heavy atom. The van der Waals surface area contributed by atoms with Crippen molar-refractivity contribution in [1.29, 1.82) is 0 Å². The normalized spacial score (nSPS) is 18.8. The number of phenols is 1. The van der Waals surface area contributed by atoms with Crippen LogP contribution in [0.25, 0.3) is 0 Å². The molecule has 0 spiro atoms. The molecule has 0 saturated heterocycles. The molecule has 23 heavy (non-hydrogen) atoms. The maximum absolute atomic E-state index is 9.99. The van der Waals surface area contributed by atoms with Gasteiger partial charge in [0.2, 0.25) is 21.0 Å². The molecule has 0 radical (unpaired) electrons. The molecule has 0 bridgehead atoms. The van der Waals surface area contributed by atoms with Crippen LogP contribution >= 0.6 is 0 Å². The fraction of sp³-hybridized carbons (Fsp3) is 0.200. The molecule has 3 rings (SSSR count). The Morgan fingerprint density at radius 3 is 1.96 bits per heavy atom. The maximum Gasteiger partial charge on any atom is 0.673 e. The number of hydrogen-bond donors (Lipinski definition) is 1. The summed E-state index contributed by atoms with van der Waals surface area (Å²) >= 11 is -0.497. The Morgan fingerprint density at radius 2 is 1.39 bits per heavy atom. The predicted molar refractivity (Wildman–Crippen MR) is 82.7 cm³/mol. The highest BCUT2D eigenvalue weighted by atomic mass is 32.2. The molecule has 1 aliphatic heterocycles. The van der Waals surface area contributed by atoms with E-state index in [4.69, 9.17) is 4.18 Å². The first-order valence-corrected chi connectivity index (χ1v) is 7.93. The van der Waals surface area contributed by atoms with Crippen molar-refractivity contribution in [3.05, 3.63) is 54.1 Å². The summed E-state index contributed by atoms with van der Waals surface area (Å²) in [5.41, 5.74) is 0.902. The summed E-state index contributed by atoms with van der Waals surface area (Å²) < 4.78 is 45.2. The first-order valence-electron chi connectivity index (χ1n) is 6.78. The number of para-hydroxylation sites is 1. The van der Waals surface area contributed by atoms with E-state index < -0.39 is 18.4 Å². The lowest BCUT2D eigenvalue weighted by atomic mass is 9.99. The minimum atomic E-state index is -6.00. The fourth-order valence-electron chi connectivity index (χ4n) is 2.20. The lowest BCUT2D eigenvalue weighted by Crippen LogP contribution is -2.16. The highest BCUT2D eigenvalue weighted by Crippen LogP contribution is 2.46. The van der Waals surface area contributed by atoms with E-state index in [1.54, 1.807) is 6.07 Å². The maximum atomic E-state index is 9.99. The van der Waals surface area contributed by atoms with Crippen LogP contribution in [0.4, 0.5) is 17.3 Å². The van der Waals surface area contributed by atoms with E-state index in [0.717, 1.165) is 4.90 Å². The monoisotopic (exact) mass is 346 g/mol. The zero-order valence-corrected chi connectivity index (χ0v) is 13.3. The van der Waals surface area contributed by atoms with Crippen LogP contribution in [0.3, 0.4) is 0 Å². The number of phenolic OH excluding ortho intramolecular Hbond substituents is 1. The molecule has 0 aliphatic carbocycles. The second-order valence-corrected chi connectivity index (χ2v) is 6.90. The van der Waals surface area contributed by atoms with Gasteiger partial charge >= 0.3 is 7.25 Å². The van der Waals surface area contributed by atoms with Crippen LogP contribution in [0.15, 0.2) is 58.3 Å². The lowest BCUT2D eigenvalue weighted by Gasteiger charge is -2.11. The minimum absolute atomic E-state index is 0.299. The summed E-state index contributed by atoms with van der Waals surface area (Å²) in [5.74, 6) is 0.299. The molecule has 0 aromatic heterocycles. The summed E-state index contributed by atoms with van der Waals surface area (Å²) in [5, 5.41) is 9.99. The molecule has 2 nitrogen and oxygen atoms in total. The number of hydrogen-bond acceptors (Lipinski definition) is 2. The van der Waals surface area contributed by atoms with E-state index in [2.05, 4.69) is 26.0 Å². The van der Waals surface area contributed by atoms with Gasteiger partial charge in [0.25, 0.3) is 0 Å². The van der Waals surface area contributed by atoms with E-state index in [1.807, 2.05) is 30.3 Å². The Kier molecular flexibility index (Phi) is 4.96. The molecule has 1 aliphatic rings. The topological polar surface area (TPSA) is 29.5 Å². The van der Waals surface area contributed by atoms with Crippen LogP contribution in [0, 0.1) is 0 Å². The fourth-order valence-corrected chi connectivity index (χ4v) is 4.30. The van der Waals surface area contributed by atoms with E-state index >= 15 is 0 Å². The first kappa shape index (κ1) is 17.7. The Labute approximate surface area is 134 Å². The number of aromatic hydroxyl groups is 1. The van der Waals surface area contributed by atoms with Gasteiger partial charge in [-0.2, -0.15) is 4.18 Å². The van der Waals surface area contributed by atoms with Crippen molar-refractivity contribution in [3.63, 3.8) is 0 Å². The summed E-state index contributed by atoms with van der Waals surface area (Å²) in [6, 6.07) is 15.6. The zero-order chi connectivity index (χ0) is 17.3. The molecule has 2 aromatic rings. The van der Waals surface area contributed by atoms with Gasteiger partial charge in [0.15, 0.2) is 11.4 Å². The highest BCUT2D eigenvalue weighted by Gasteiger charge is 2.49. The van der Waals surface area contributed by atoms with E-state index in [-0.39, 0.29) is 5.60 Å². The molecule has 0 amide bonds. The number of rotatable bonds is 1. The smallest absolute Gasteiger partial charge is 0.503 e. The predicted octanol–water partition coefficient (Wildman–Crippen LogP) is 4.91. The van der Waals surface area contributed by atoms with Crippen molar-refractivity contribution in [2.75, 3.05) is 0 Å². The second-order valence-electron chi connectivity index (χ2n) is 5.32. The van der Waals surface area contributed by atoms with Crippen molar-refractivity contribution >= 4 is 18.4 Å². The SMILES string of the molecule is CC1(C)O[S+](c2ccccc2O)c2ccccc21.F[B-](F)(F)F. The number of benzene rings is 2. The molecule has 1 atom stereocenters. The Bertz CT molecular complexity index is 685. The van der Waals surface area contributed by atoms with E-state index in [9.17, 15) is 22.4 Å². The Hall–Kier alpha value is -1.67. The molecule has 0 saturated carbocycles. The van der Waals surface area contributed by atoms with Crippen LogP contribution in [-0.2, 0) is 21.0 Å². The average Bonchev–Trinajstić information content (AvgIpc) is 2.70. The van der Waals surface area contributed by atoms with Gasteiger partial charge in [0.1, 0.15) is 0 Å². The summed E-state index contributed by atoms with van der Waals surface area (Å²) in [7, 11) is -6.00. The van der Waals surface area contributed by atoms with E-state index in [0.29, 0.717) is 5.75 Å². The van der Waals surface area contributed by atoms with Gasteiger partial charge < -0.3 is 22.4 Å². The lowest BCUT2D eigenvalue weighted by molar-refractivity contribution is 0.145. The molecule has 2 aromatic carbocycles. The van der Waals surface area contributed by atoms with Crippen LogP contribution in [0.5, 0.6) is 5.75 Å². The van der Waals surface area contributed by atoms with Crippen molar-refractivity contribution in [2.24, 2.45) is 0 Å². The van der Waals surface area contributed by atoms with Crippen molar-refractivity contribution in [3.8, 4) is 5.75 Å². The highest BCUT2D eigenvalue weighted by molar-refractivity contribution is 7.92. The summed E-state index contributed by atoms with van der Waals surface area (Å²) in [6.07, 6.45) is 0. The Balaban J connectivity index is 0.000000338. The number of halogens is 4. The first-order chi connectivity index (χ1) is 10.6. The third-order valence-electron chi connectivity index (χ3n) is 3.09. The summed E-state index contributed by atoms with van der Waals surface area (Å²) in [6.45, 7) is 4.14. The molecule has 1 unspecified atom stereocenters. The zero-order valence-electron chi connectivity index (χ0n) is 12.5. The molecule has 1 heterocycles. The van der Waals surface area contributed by atoms with Gasteiger partial charge in [-0.05, 0) is 26.0 Å². The van der Waals surface area contributed by atoms with Crippen molar-refractivity contribution < 1.29 is 26.6 Å². The van der Waals surface area contributed by atoms with Gasteiger partial charge in [-0.15, -0.1) is 0 Å². The standard InChI is InChI=1S/C15H14O2S.BF4/c1-15(2)11-7-3-5-9-13(11)18(17-15)14-10-6-4-8-12(14)16;2-1(3,4)5/h3-10H,1-2H3;/q;-1/p+1. The van der Waals surface area contributed by atoms with E-state index in [1.165, 1.54) is 10.5 Å². The number of fused-ring (bicyclic) bond motifs is 1. The van der Waals surface area contributed by atoms with Crippen LogP contribution < -0.4 is 0 Å². The van der Waals surface area contributed by atoms with Crippen LogP contribution in [0.1, 0.15) is 19.4 Å².